The minimum absolute atomic E-state index is 0.0113. The Hall–Kier alpha value is -2.74. The highest BCUT2D eigenvalue weighted by Gasteiger charge is 2.62. The van der Waals surface area contributed by atoms with E-state index in [9.17, 15) is 18.8 Å². The number of carbonyl (C=O) groups excluding carboxylic acids is 2. The van der Waals surface area contributed by atoms with Crippen molar-refractivity contribution in [1.82, 2.24) is 14.8 Å². The summed E-state index contributed by atoms with van der Waals surface area (Å²) in [5.74, 6) is -0.836. The second kappa shape index (κ2) is 5.14. The minimum Gasteiger partial charge on any atom is -0.351 e. The maximum absolute atomic E-state index is 13.5. The number of rotatable bonds is 1. The zero-order chi connectivity index (χ0) is 18.1. The second-order valence-corrected chi connectivity index (χ2v) is 6.94. The van der Waals surface area contributed by atoms with Crippen LogP contribution in [0.4, 0.5) is 4.39 Å². The highest BCUT2D eigenvalue weighted by molar-refractivity contribution is 6.06. The van der Waals surface area contributed by atoms with Crippen molar-refractivity contribution in [2.24, 2.45) is 0 Å². The van der Waals surface area contributed by atoms with Gasteiger partial charge in [0.15, 0.2) is 5.72 Å². The van der Waals surface area contributed by atoms with Crippen LogP contribution in [0.2, 0.25) is 0 Å². The van der Waals surface area contributed by atoms with Gasteiger partial charge < -0.3 is 19.5 Å². The molecule has 2 aromatic rings. The van der Waals surface area contributed by atoms with E-state index in [1.54, 1.807) is 9.80 Å². The van der Waals surface area contributed by atoms with Crippen LogP contribution in [-0.4, -0.2) is 58.1 Å². The lowest BCUT2D eigenvalue weighted by atomic mass is 10.0. The molecule has 5 rings (SSSR count). The normalized spacial score (nSPS) is 27.3. The van der Waals surface area contributed by atoms with Gasteiger partial charge in [0.25, 0.3) is 5.91 Å². The smallest absolute Gasteiger partial charge is 0.255 e. The van der Waals surface area contributed by atoms with E-state index >= 15 is 0 Å². The lowest BCUT2D eigenvalue weighted by Gasteiger charge is -2.31. The fourth-order valence-corrected chi connectivity index (χ4v) is 4.60. The molecule has 0 bridgehead atoms. The van der Waals surface area contributed by atoms with Crippen LogP contribution in [0.15, 0.2) is 29.1 Å². The Morgan fingerprint density at radius 1 is 1.27 bits per heavy atom. The van der Waals surface area contributed by atoms with E-state index in [1.807, 2.05) is 0 Å². The molecule has 0 aliphatic carbocycles. The van der Waals surface area contributed by atoms with Crippen LogP contribution in [0, 0.1) is 5.82 Å². The molecule has 4 heterocycles. The summed E-state index contributed by atoms with van der Waals surface area (Å²) in [6, 6.07) is 4.80. The Morgan fingerprint density at radius 3 is 2.96 bits per heavy atom. The number of nitrogens with zero attached hydrogens (tertiary/aromatic N) is 2. The Bertz CT molecular complexity index is 1020. The van der Waals surface area contributed by atoms with Crippen LogP contribution in [0.3, 0.4) is 0 Å². The summed E-state index contributed by atoms with van der Waals surface area (Å²) in [6.07, 6.45) is 0.784. The predicted molar refractivity (Wildman–Crippen MR) is 89.0 cm³/mol. The first kappa shape index (κ1) is 15.5. The number of carbonyl (C=O) groups is 2. The van der Waals surface area contributed by atoms with Gasteiger partial charge in [-0.25, -0.2) is 4.39 Å². The number of pyridine rings is 1. The summed E-state index contributed by atoms with van der Waals surface area (Å²) < 4.78 is 19.4. The van der Waals surface area contributed by atoms with Gasteiger partial charge in [-0.05, 0) is 18.2 Å². The van der Waals surface area contributed by atoms with Crippen molar-refractivity contribution in [3.8, 4) is 0 Å². The number of nitrogens with one attached hydrogen (secondary N) is 1. The van der Waals surface area contributed by atoms with E-state index in [4.69, 9.17) is 4.74 Å². The molecule has 2 amide bonds. The SMILES string of the molecule is O=C(c1cc(=O)[nH]c2cc(F)ccc12)N1CC[C@@]23OCCN2C(=O)C[C@@H]13. The highest BCUT2D eigenvalue weighted by Crippen LogP contribution is 2.46. The molecular weight excluding hydrogens is 341 g/mol. The van der Waals surface area contributed by atoms with Crippen LogP contribution in [0.1, 0.15) is 23.2 Å². The fourth-order valence-electron chi connectivity index (χ4n) is 4.60. The van der Waals surface area contributed by atoms with Crippen molar-refractivity contribution in [3.63, 3.8) is 0 Å². The number of aromatic nitrogens is 1. The lowest BCUT2D eigenvalue weighted by molar-refractivity contribution is -0.136. The number of benzene rings is 1. The molecule has 1 aromatic carbocycles. The van der Waals surface area contributed by atoms with Crippen LogP contribution in [0.25, 0.3) is 10.9 Å². The first-order valence-corrected chi connectivity index (χ1v) is 8.58. The summed E-state index contributed by atoms with van der Waals surface area (Å²) in [5.41, 5.74) is -0.710. The van der Waals surface area contributed by atoms with E-state index in [-0.39, 0.29) is 35.4 Å². The van der Waals surface area contributed by atoms with Crippen molar-refractivity contribution in [1.29, 1.82) is 0 Å². The average molecular weight is 357 g/mol. The van der Waals surface area contributed by atoms with Crippen molar-refractivity contribution in [2.75, 3.05) is 19.7 Å². The van der Waals surface area contributed by atoms with Crippen LogP contribution in [0.5, 0.6) is 0 Å². The number of hydrogen-bond donors (Lipinski definition) is 1. The number of aromatic amines is 1. The van der Waals surface area contributed by atoms with Gasteiger partial charge in [-0.3, -0.25) is 14.4 Å². The molecule has 0 unspecified atom stereocenters. The molecule has 3 saturated heterocycles. The summed E-state index contributed by atoms with van der Waals surface area (Å²) in [6.45, 7) is 1.46. The van der Waals surface area contributed by atoms with E-state index < -0.39 is 17.1 Å². The Balaban J connectivity index is 1.58. The summed E-state index contributed by atoms with van der Waals surface area (Å²) in [7, 11) is 0. The molecule has 26 heavy (non-hydrogen) atoms. The highest BCUT2D eigenvalue weighted by atomic mass is 19.1. The van der Waals surface area contributed by atoms with Crippen molar-refractivity contribution < 1.29 is 18.7 Å². The zero-order valence-corrected chi connectivity index (χ0v) is 13.8. The van der Waals surface area contributed by atoms with E-state index in [1.165, 1.54) is 24.3 Å². The van der Waals surface area contributed by atoms with Gasteiger partial charge in [0.2, 0.25) is 11.5 Å². The molecule has 0 radical (unpaired) electrons. The molecular formula is C18H16FN3O4. The van der Waals surface area contributed by atoms with Gasteiger partial charge >= 0.3 is 0 Å². The van der Waals surface area contributed by atoms with Gasteiger partial charge in [0.1, 0.15) is 5.82 Å². The maximum atomic E-state index is 13.5. The number of ether oxygens (including phenoxy) is 1. The third-order valence-corrected chi connectivity index (χ3v) is 5.70. The van der Waals surface area contributed by atoms with Gasteiger partial charge in [0.05, 0.1) is 30.1 Å². The number of likely N-dealkylation sites (tertiary alicyclic amines) is 1. The third-order valence-electron chi connectivity index (χ3n) is 5.70. The molecule has 1 spiro atoms. The van der Waals surface area contributed by atoms with Crippen molar-refractivity contribution >= 4 is 22.7 Å². The Labute approximate surface area is 147 Å². The molecule has 1 N–H and O–H groups in total. The molecule has 8 heteroatoms. The Morgan fingerprint density at radius 2 is 2.12 bits per heavy atom. The van der Waals surface area contributed by atoms with Crippen LogP contribution >= 0.6 is 0 Å². The summed E-state index contributed by atoms with van der Waals surface area (Å²) >= 11 is 0. The first-order valence-electron chi connectivity index (χ1n) is 8.58. The summed E-state index contributed by atoms with van der Waals surface area (Å²) in [4.78, 5) is 43.4. The van der Waals surface area contributed by atoms with Gasteiger partial charge in [0, 0.05) is 31.0 Å². The number of H-pyrrole nitrogens is 1. The second-order valence-electron chi connectivity index (χ2n) is 6.94. The predicted octanol–water partition coefficient (Wildman–Crippen LogP) is 0.841. The number of hydrogen-bond acceptors (Lipinski definition) is 4. The Kier molecular flexibility index (Phi) is 3.06. The van der Waals surface area contributed by atoms with E-state index in [2.05, 4.69) is 4.98 Å². The molecule has 134 valence electrons. The quantitative estimate of drug-likeness (QED) is 0.820. The molecule has 2 atom stereocenters. The van der Waals surface area contributed by atoms with Crippen LogP contribution in [-0.2, 0) is 9.53 Å². The largest absolute Gasteiger partial charge is 0.351 e. The van der Waals surface area contributed by atoms with E-state index in [0.717, 1.165) is 0 Å². The van der Waals surface area contributed by atoms with Crippen molar-refractivity contribution in [3.05, 3.63) is 46.0 Å². The molecule has 1 aromatic heterocycles. The minimum atomic E-state index is -0.726. The molecule has 7 nitrogen and oxygen atoms in total. The van der Waals surface area contributed by atoms with Gasteiger partial charge in [-0.15, -0.1) is 0 Å². The number of fused-ring (bicyclic) bond motifs is 1. The first-order chi connectivity index (χ1) is 12.5. The summed E-state index contributed by atoms with van der Waals surface area (Å²) in [5, 5.41) is 0.477. The monoisotopic (exact) mass is 357 g/mol. The topological polar surface area (TPSA) is 82.7 Å². The average Bonchev–Trinajstić information content (AvgIpc) is 3.24. The maximum Gasteiger partial charge on any atom is 0.255 e. The number of amides is 2. The fraction of sp³-hybridized carbons (Fsp3) is 0.389. The molecule has 3 aliphatic heterocycles. The van der Waals surface area contributed by atoms with Gasteiger partial charge in [-0.1, -0.05) is 0 Å². The standard InChI is InChI=1S/C18H16FN3O4/c19-10-1-2-11-12(8-15(23)20-13(11)7-10)17(25)21-4-3-18-14(21)9-16(24)22(18)5-6-26-18/h1-2,7-8,14H,3-6,9H2,(H,20,23)/t14-,18+/m1/s1. The van der Waals surface area contributed by atoms with Gasteiger partial charge in [-0.2, -0.15) is 0 Å². The lowest BCUT2D eigenvalue weighted by Crippen LogP contribution is -2.48. The third kappa shape index (κ3) is 1.93. The van der Waals surface area contributed by atoms with Crippen molar-refractivity contribution in [2.45, 2.75) is 24.6 Å². The molecule has 3 fully saturated rings. The molecule has 0 saturated carbocycles. The molecule has 3 aliphatic rings. The number of halogens is 1. The van der Waals surface area contributed by atoms with Crippen LogP contribution < -0.4 is 5.56 Å². The van der Waals surface area contributed by atoms with E-state index in [0.29, 0.717) is 31.5 Å². The zero-order valence-electron chi connectivity index (χ0n) is 13.8.